The molecule has 0 aromatic rings. The molecule has 0 atom stereocenters. The molecule has 0 aromatic heterocycles. The van der Waals surface area contributed by atoms with Gasteiger partial charge in [-0.05, 0) is 0 Å². The molecule has 0 spiro atoms. The van der Waals surface area contributed by atoms with Crippen LogP contribution in [0.3, 0.4) is 0 Å². The summed E-state index contributed by atoms with van der Waals surface area (Å²) in [5.41, 5.74) is 0. The molecule has 6 heteroatoms. The van der Waals surface area contributed by atoms with Gasteiger partial charge in [0.05, 0.1) is 0 Å². The molecule has 0 saturated heterocycles. The van der Waals surface area contributed by atoms with Crippen molar-refractivity contribution in [3.63, 3.8) is 0 Å². The lowest BCUT2D eigenvalue weighted by Crippen LogP contribution is -3.00. The third kappa shape index (κ3) is 3.23. The lowest BCUT2D eigenvalue weighted by atomic mass is 11.6. The fourth-order valence-electron chi connectivity index (χ4n) is 0.268. The highest BCUT2D eigenvalue weighted by Gasteiger charge is 2.34. The minimum Gasteiger partial charge on any atom is -1.00 e. The van der Waals surface area contributed by atoms with E-state index in [0.717, 1.165) is 0 Å². The van der Waals surface area contributed by atoms with Crippen LogP contribution in [0.15, 0.2) is 0 Å². The van der Waals surface area contributed by atoms with Crippen molar-refractivity contribution in [1.82, 2.24) is 0 Å². The molecule has 0 aliphatic rings. The largest absolute Gasteiger partial charge is 1.00 e. The summed E-state index contributed by atoms with van der Waals surface area (Å²) in [5, 5.41) is 34.2. The van der Waals surface area contributed by atoms with Crippen LogP contribution in [0.1, 0.15) is 0 Å². The summed E-state index contributed by atoms with van der Waals surface area (Å²) in [6.07, 6.45) is -1.18. The third-order valence-corrected chi connectivity index (χ3v) is 3.60. The Morgan fingerprint density at radius 2 is 0.900 bits per heavy atom. The Balaban J connectivity index is 0. The molecule has 0 aromatic carbocycles. The lowest BCUT2D eigenvalue weighted by molar-refractivity contribution is -0.00000551. The lowest BCUT2D eigenvalue weighted by Gasteiger charge is -2.15. The van der Waals surface area contributed by atoms with Crippen molar-refractivity contribution in [1.29, 1.82) is 0 Å². The van der Waals surface area contributed by atoms with Gasteiger partial charge in [-0.1, -0.05) is 0 Å². The predicted octanol–water partition coefficient (Wildman–Crippen LogP) is -4.19. The number of aliphatic hydroxyl groups excluding tert-OH is 4. The molecule has 0 fully saturated rings. The number of aliphatic hydroxyl groups is 4. The average Bonchev–Trinajstić information content (AvgIpc) is 1.95. The standard InChI is InChI=1S/C4H12O4P.BrH/c5-1-9(2-6,3-7)4-8;/h5-8H,1-4H2;1H/q+1;/p-1. The van der Waals surface area contributed by atoms with Crippen LogP contribution in [0, 0.1) is 0 Å². The van der Waals surface area contributed by atoms with Gasteiger partial charge < -0.3 is 37.4 Å². The molecule has 0 heterocycles. The van der Waals surface area contributed by atoms with Gasteiger partial charge in [-0.25, -0.2) is 0 Å². The van der Waals surface area contributed by atoms with E-state index in [0.29, 0.717) is 0 Å². The maximum absolute atomic E-state index is 8.55. The predicted molar refractivity (Wildman–Crippen MR) is 35.3 cm³/mol. The molecule has 0 unspecified atom stereocenters. The normalized spacial score (nSPS) is 10.8. The minimum atomic E-state index is -2.20. The number of hydrogen-bond acceptors (Lipinski definition) is 4. The summed E-state index contributed by atoms with van der Waals surface area (Å²) in [6.45, 7) is 0. The van der Waals surface area contributed by atoms with Gasteiger partial charge >= 0.3 is 0 Å². The van der Waals surface area contributed by atoms with E-state index >= 15 is 0 Å². The minimum absolute atomic E-state index is 0. The Labute approximate surface area is 70.6 Å². The Morgan fingerprint density at radius 3 is 0.900 bits per heavy atom. The maximum Gasteiger partial charge on any atom is 0.161 e. The van der Waals surface area contributed by atoms with Crippen molar-refractivity contribution in [3.8, 4) is 0 Å². The van der Waals surface area contributed by atoms with E-state index < -0.39 is 7.26 Å². The summed E-state index contributed by atoms with van der Waals surface area (Å²) in [4.78, 5) is 0. The van der Waals surface area contributed by atoms with Crippen molar-refractivity contribution in [2.45, 2.75) is 0 Å². The van der Waals surface area contributed by atoms with Crippen LogP contribution >= 0.6 is 7.26 Å². The summed E-state index contributed by atoms with van der Waals surface area (Å²) in [5.74, 6) is 0. The Morgan fingerprint density at radius 1 is 0.700 bits per heavy atom. The first-order chi connectivity index (χ1) is 4.24. The number of halogens is 1. The van der Waals surface area contributed by atoms with E-state index in [9.17, 15) is 0 Å². The molecule has 0 aliphatic carbocycles. The first-order valence-electron chi connectivity index (χ1n) is 2.53. The SMILES string of the molecule is OC[P+](CO)(CO)CO.[Br-]. The van der Waals surface area contributed by atoms with Crippen molar-refractivity contribution in [3.05, 3.63) is 0 Å². The van der Waals surface area contributed by atoms with Crippen LogP contribution < -0.4 is 17.0 Å². The zero-order valence-electron chi connectivity index (χ0n) is 5.44. The van der Waals surface area contributed by atoms with Gasteiger partial charge in [-0.15, -0.1) is 0 Å². The molecule has 0 aliphatic heterocycles. The van der Waals surface area contributed by atoms with E-state index in [1.807, 2.05) is 0 Å². The Bertz CT molecular complexity index is 60.1. The van der Waals surface area contributed by atoms with Crippen molar-refractivity contribution in [2.75, 3.05) is 25.4 Å². The first kappa shape index (κ1) is 13.3. The van der Waals surface area contributed by atoms with Crippen LogP contribution in [0.25, 0.3) is 0 Å². The van der Waals surface area contributed by atoms with Gasteiger partial charge in [-0.2, -0.15) is 0 Å². The second-order valence-corrected chi connectivity index (χ2v) is 5.72. The third-order valence-electron chi connectivity index (χ3n) is 1.20. The van der Waals surface area contributed by atoms with Crippen LogP contribution in [-0.2, 0) is 0 Å². The van der Waals surface area contributed by atoms with E-state index in [-0.39, 0.29) is 42.4 Å². The smallest absolute Gasteiger partial charge is 0.161 e. The van der Waals surface area contributed by atoms with Gasteiger partial charge in [-0.3, -0.25) is 0 Å². The molecule has 64 valence electrons. The highest BCUT2D eigenvalue weighted by molar-refractivity contribution is 7.75. The van der Waals surface area contributed by atoms with E-state index in [1.54, 1.807) is 0 Å². The van der Waals surface area contributed by atoms with E-state index in [1.165, 1.54) is 0 Å². The summed E-state index contributed by atoms with van der Waals surface area (Å²) in [7, 11) is -2.20. The fourth-order valence-corrected chi connectivity index (χ4v) is 0.805. The maximum atomic E-state index is 8.55. The van der Waals surface area contributed by atoms with E-state index in [2.05, 4.69) is 0 Å². The van der Waals surface area contributed by atoms with E-state index in [4.69, 9.17) is 20.4 Å². The van der Waals surface area contributed by atoms with Crippen molar-refractivity contribution in [2.24, 2.45) is 0 Å². The molecule has 0 saturated carbocycles. The molecule has 0 bridgehead atoms. The molecular formula is C4H12BrO4P. The van der Waals surface area contributed by atoms with Gasteiger partial charge in [0.2, 0.25) is 0 Å². The fraction of sp³-hybridized carbons (Fsp3) is 1.00. The second kappa shape index (κ2) is 6.46. The van der Waals surface area contributed by atoms with Crippen molar-refractivity contribution >= 4 is 7.26 Å². The second-order valence-electron chi connectivity index (χ2n) is 1.91. The van der Waals surface area contributed by atoms with Crippen molar-refractivity contribution < 1.29 is 37.4 Å². The molecule has 10 heavy (non-hydrogen) atoms. The Hall–Kier alpha value is 0.750. The molecular weight excluding hydrogens is 223 g/mol. The van der Waals surface area contributed by atoms with Crippen LogP contribution in [0.2, 0.25) is 0 Å². The van der Waals surface area contributed by atoms with Gasteiger partial charge in [0.25, 0.3) is 0 Å². The topological polar surface area (TPSA) is 80.9 Å². The quantitative estimate of drug-likeness (QED) is 0.372. The highest BCUT2D eigenvalue weighted by atomic mass is 79.9. The van der Waals surface area contributed by atoms with Crippen LogP contribution in [0.5, 0.6) is 0 Å². The summed E-state index contributed by atoms with van der Waals surface area (Å²) < 4.78 is 0. The van der Waals surface area contributed by atoms with Crippen LogP contribution in [0.4, 0.5) is 0 Å². The summed E-state index contributed by atoms with van der Waals surface area (Å²) >= 11 is 0. The molecule has 0 radical (unpaired) electrons. The molecule has 4 nitrogen and oxygen atoms in total. The first-order valence-corrected chi connectivity index (χ1v) is 5.06. The average molecular weight is 235 g/mol. The number of rotatable bonds is 4. The van der Waals surface area contributed by atoms with Gasteiger partial charge in [0.1, 0.15) is 7.26 Å². The zero-order valence-corrected chi connectivity index (χ0v) is 7.92. The van der Waals surface area contributed by atoms with Gasteiger partial charge in [0, 0.05) is 0 Å². The molecule has 4 N–H and O–H groups in total. The molecule has 0 rings (SSSR count). The van der Waals surface area contributed by atoms with Gasteiger partial charge in [0.15, 0.2) is 25.4 Å². The van der Waals surface area contributed by atoms with Crippen LogP contribution in [-0.4, -0.2) is 45.8 Å². The number of hydrogen-bond donors (Lipinski definition) is 4. The molecule has 0 amide bonds. The summed E-state index contributed by atoms with van der Waals surface area (Å²) in [6, 6.07) is 0. The monoisotopic (exact) mass is 234 g/mol. The highest BCUT2D eigenvalue weighted by Crippen LogP contribution is 2.54. The zero-order chi connectivity index (χ0) is 7.33. The Kier molecular flexibility index (Phi) is 8.62.